The zero-order valence-electron chi connectivity index (χ0n) is 9.74. The Morgan fingerprint density at radius 3 is 2.44 bits per heavy atom. The molecule has 0 radical (unpaired) electrons. The normalized spacial score (nSPS) is 11.2. The molecule has 0 heterocycles. The van der Waals surface area contributed by atoms with Crippen LogP contribution in [0, 0.1) is 5.92 Å². The lowest BCUT2D eigenvalue weighted by Gasteiger charge is -2.03. The van der Waals surface area contributed by atoms with Gasteiger partial charge in [-0.2, -0.15) is 0 Å². The van der Waals surface area contributed by atoms with E-state index in [1.54, 1.807) is 0 Å². The summed E-state index contributed by atoms with van der Waals surface area (Å²) >= 11 is 5.57. The molecule has 1 aromatic carbocycles. The van der Waals surface area contributed by atoms with Crippen molar-refractivity contribution in [1.82, 2.24) is 0 Å². The number of rotatable bonds is 5. The van der Waals surface area contributed by atoms with Gasteiger partial charge < -0.3 is 0 Å². The topological polar surface area (TPSA) is 17.1 Å². The lowest BCUT2D eigenvalue weighted by Crippen LogP contribution is -2.06. The minimum absolute atomic E-state index is 0.0534. The van der Waals surface area contributed by atoms with Crippen molar-refractivity contribution in [2.75, 3.05) is 5.88 Å². The molecule has 1 rings (SSSR count). The first kappa shape index (κ1) is 13.0. The van der Waals surface area contributed by atoms with Gasteiger partial charge in [-0.3, -0.25) is 4.79 Å². The molecule has 1 nitrogen and oxygen atoms in total. The van der Waals surface area contributed by atoms with Crippen molar-refractivity contribution >= 4 is 23.5 Å². The summed E-state index contributed by atoms with van der Waals surface area (Å²) in [7, 11) is 0. The summed E-state index contributed by atoms with van der Waals surface area (Å²) in [5.41, 5.74) is 1.88. The van der Waals surface area contributed by atoms with E-state index in [1.807, 2.05) is 50.3 Å². The van der Waals surface area contributed by atoms with Gasteiger partial charge in [0.15, 0.2) is 5.78 Å². The molecule has 0 saturated heterocycles. The van der Waals surface area contributed by atoms with Crippen LogP contribution in [0.5, 0.6) is 0 Å². The van der Waals surface area contributed by atoms with Crippen LogP contribution in [0.2, 0.25) is 0 Å². The SMILES string of the molecule is CC(C)C(=O)c1ccc(C=CCCCl)cc1. The van der Waals surface area contributed by atoms with E-state index in [0.717, 1.165) is 17.5 Å². The van der Waals surface area contributed by atoms with E-state index in [0.29, 0.717) is 5.88 Å². The van der Waals surface area contributed by atoms with E-state index in [2.05, 4.69) is 0 Å². The molecule has 0 N–H and O–H groups in total. The van der Waals surface area contributed by atoms with Crippen molar-refractivity contribution in [3.05, 3.63) is 41.5 Å². The average Bonchev–Trinajstić information content (AvgIpc) is 2.29. The molecule has 0 saturated carbocycles. The standard InChI is InChI=1S/C14H17ClO/c1-11(2)14(16)13-8-6-12(7-9-13)5-3-4-10-15/h3,5-9,11H,4,10H2,1-2H3. The molecule has 0 atom stereocenters. The van der Waals surface area contributed by atoms with E-state index in [4.69, 9.17) is 11.6 Å². The molecule has 0 aliphatic heterocycles. The van der Waals surface area contributed by atoms with Crippen molar-refractivity contribution in [3.63, 3.8) is 0 Å². The van der Waals surface area contributed by atoms with E-state index < -0.39 is 0 Å². The Balaban J connectivity index is 2.71. The third-order valence-electron chi connectivity index (χ3n) is 2.31. The minimum atomic E-state index is 0.0534. The minimum Gasteiger partial charge on any atom is -0.294 e. The summed E-state index contributed by atoms with van der Waals surface area (Å²) in [4.78, 5) is 11.7. The molecule has 0 unspecified atom stereocenters. The van der Waals surface area contributed by atoms with Crippen molar-refractivity contribution in [2.45, 2.75) is 20.3 Å². The number of ketones is 1. The van der Waals surface area contributed by atoms with Crippen LogP contribution in [0.15, 0.2) is 30.3 Å². The highest BCUT2D eigenvalue weighted by atomic mass is 35.5. The number of carbonyl (C=O) groups excluding carboxylic acids is 1. The Hall–Kier alpha value is -1.08. The molecule has 1 aromatic rings. The summed E-state index contributed by atoms with van der Waals surface area (Å²) in [6.45, 7) is 3.83. The zero-order valence-corrected chi connectivity index (χ0v) is 10.5. The fourth-order valence-electron chi connectivity index (χ4n) is 1.37. The van der Waals surface area contributed by atoms with Crippen molar-refractivity contribution in [2.24, 2.45) is 5.92 Å². The number of benzene rings is 1. The van der Waals surface area contributed by atoms with E-state index in [-0.39, 0.29) is 11.7 Å². The first-order valence-electron chi connectivity index (χ1n) is 5.52. The fourth-order valence-corrected chi connectivity index (χ4v) is 1.50. The molecule has 0 bridgehead atoms. The zero-order chi connectivity index (χ0) is 12.0. The lowest BCUT2D eigenvalue weighted by molar-refractivity contribution is 0.0939. The highest BCUT2D eigenvalue weighted by Gasteiger charge is 2.08. The molecule has 0 spiro atoms. The number of alkyl halides is 1. The van der Waals surface area contributed by atoms with E-state index in [1.165, 1.54) is 0 Å². The molecule has 0 fully saturated rings. The van der Waals surface area contributed by atoms with Gasteiger partial charge in [-0.15, -0.1) is 11.6 Å². The van der Waals surface area contributed by atoms with Crippen LogP contribution < -0.4 is 0 Å². The van der Waals surface area contributed by atoms with E-state index in [9.17, 15) is 4.79 Å². The van der Waals surface area contributed by atoms with Gasteiger partial charge in [0.1, 0.15) is 0 Å². The first-order chi connectivity index (χ1) is 7.65. The smallest absolute Gasteiger partial charge is 0.165 e. The molecule has 2 heteroatoms. The molecule has 86 valence electrons. The lowest BCUT2D eigenvalue weighted by atomic mass is 10.00. The number of allylic oxidation sites excluding steroid dienone is 1. The summed E-state index contributed by atoms with van der Waals surface area (Å²) < 4.78 is 0. The Bertz CT molecular complexity index is 363. The average molecular weight is 237 g/mol. The third kappa shape index (κ3) is 3.82. The van der Waals surface area contributed by atoms with E-state index >= 15 is 0 Å². The molecule has 0 amide bonds. The maximum Gasteiger partial charge on any atom is 0.165 e. The van der Waals surface area contributed by atoms with Crippen LogP contribution >= 0.6 is 11.6 Å². The van der Waals surface area contributed by atoms with Crippen LogP contribution in [-0.4, -0.2) is 11.7 Å². The predicted octanol–water partition coefficient (Wildman–Crippen LogP) is 4.17. The number of Topliss-reactive ketones (excluding diaryl/α,β-unsaturated/α-hetero) is 1. The molecule has 0 aliphatic carbocycles. The van der Waals surface area contributed by atoms with Crippen molar-refractivity contribution in [1.29, 1.82) is 0 Å². The van der Waals surface area contributed by atoms with Gasteiger partial charge in [-0.25, -0.2) is 0 Å². The predicted molar refractivity (Wildman–Crippen MR) is 70.0 cm³/mol. The maximum atomic E-state index is 11.7. The highest BCUT2D eigenvalue weighted by Crippen LogP contribution is 2.11. The Morgan fingerprint density at radius 2 is 1.94 bits per heavy atom. The molecular formula is C14H17ClO. The van der Waals surface area contributed by atoms with Crippen molar-refractivity contribution in [3.8, 4) is 0 Å². The quantitative estimate of drug-likeness (QED) is 0.554. The summed E-state index contributed by atoms with van der Waals surface area (Å²) in [5.74, 6) is 0.884. The summed E-state index contributed by atoms with van der Waals surface area (Å²) in [6, 6.07) is 7.67. The van der Waals surface area contributed by atoms with Gasteiger partial charge in [0.05, 0.1) is 0 Å². The van der Waals surface area contributed by atoms with Gasteiger partial charge >= 0.3 is 0 Å². The number of hydrogen-bond acceptors (Lipinski definition) is 1. The first-order valence-corrected chi connectivity index (χ1v) is 6.05. The van der Waals surface area contributed by atoms with Gasteiger partial charge in [0.25, 0.3) is 0 Å². The summed E-state index contributed by atoms with van der Waals surface area (Å²) in [6.07, 6.45) is 4.92. The van der Waals surface area contributed by atoms with Crippen LogP contribution in [0.1, 0.15) is 36.2 Å². The second-order valence-corrected chi connectivity index (χ2v) is 4.40. The Kier molecular flexibility index (Phi) is 5.27. The van der Waals surface area contributed by atoms with Gasteiger partial charge in [-0.05, 0) is 12.0 Å². The highest BCUT2D eigenvalue weighted by molar-refractivity contribution is 6.17. The number of carbonyl (C=O) groups is 1. The summed E-state index contributed by atoms with van der Waals surface area (Å²) in [5, 5.41) is 0. The molecule has 0 aromatic heterocycles. The number of hydrogen-bond donors (Lipinski definition) is 0. The largest absolute Gasteiger partial charge is 0.294 e. The van der Waals surface area contributed by atoms with Crippen LogP contribution in [0.25, 0.3) is 6.08 Å². The number of halogens is 1. The molecule has 0 aliphatic rings. The monoisotopic (exact) mass is 236 g/mol. The molecular weight excluding hydrogens is 220 g/mol. The third-order valence-corrected chi connectivity index (χ3v) is 2.52. The van der Waals surface area contributed by atoms with Crippen LogP contribution in [-0.2, 0) is 0 Å². The van der Waals surface area contributed by atoms with Gasteiger partial charge in [0, 0.05) is 17.4 Å². The fraction of sp³-hybridized carbons (Fsp3) is 0.357. The van der Waals surface area contributed by atoms with Gasteiger partial charge in [0.2, 0.25) is 0 Å². The van der Waals surface area contributed by atoms with Crippen molar-refractivity contribution < 1.29 is 4.79 Å². The van der Waals surface area contributed by atoms with Crippen LogP contribution in [0.4, 0.5) is 0 Å². The Morgan fingerprint density at radius 1 is 1.31 bits per heavy atom. The maximum absolute atomic E-state index is 11.7. The van der Waals surface area contributed by atoms with Crippen LogP contribution in [0.3, 0.4) is 0 Å². The Labute approximate surface area is 102 Å². The molecule has 16 heavy (non-hydrogen) atoms. The second-order valence-electron chi connectivity index (χ2n) is 4.02. The van der Waals surface area contributed by atoms with Gasteiger partial charge in [-0.1, -0.05) is 50.3 Å². The second kappa shape index (κ2) is 6.49.